The number of piperidine rings is 1. The van der Waals surface area contributed by atoms with E-state index in [4.69, 9.17) is 0 Å². The number of carbonyl (C=O) groups is 2. The van der Waals surface area contributed by atoms with Crippen molar-refractivity contribution < 1.29 is 14.7 Å². The molecule has 0 aliphatic carbocycles. The van der Waals surface area contributed by atoms with Gasteiger partial charge >= 0.3 is 5.97 Å². The van der Waals surface area contributed by atoms with Crippen molar-refractivity contribution >= 4 is 17.6 Å². The minimum Gasteiger partial charge on any atom is -0.481 e. The Labute approximate surface area is 182 Å². The summed E-state index contributed by atoms with van der Waals surface area (Å²) in [6.45, 7) is 2.06. The lowest BCUT2D eigenvalue weighted by atomic mass is 9.97. The Hall–Kier alpha value is -3.34. The molecule has 0 unspecified atom stereocenters. The number of aromatic nitrogens is 1. The first-order valence-corrected chi connectivity index (χ1v) is 10.9. The molecular formula is C26H28N2O3. The van der Waals surface area contributed by atoms with E-state index in [1.807, 2.05) is 60.8 Å². The van der Waals surface area contributed by atoms with Gasteiger partial charge in [-0.25, -0.2) is 0 Å². The fourth-order valence-corrected chi connectivity index (χ4v) is 4.23. The van der Waals surface area contributed by atoms with Gasteiger partial charge < -0.3 is 14.6 Å². The Kier molecular flexibility index (Phi) is 6.51. The number of aliphatic carboxylic acids is 1. The largest absolute Gasteiger partial charge is 0.481 e. The maximum absolute atomic E-state index is 13.0. The van der Waals surface area contributed by atoms with Crippen LogP contribution in [0.2, 0.25) is 0 Å². The molecule has 31 heavy (non-hydrogen) atoms. The van der Waals surface area contributed by atoms with Crippen molar-refractivity contribution in [2.75, 3.05) is 18.0 Å². The van der Waals surface area contributed by atoms with Crippen molar-refractivity contribution in [1.82, 2.24) is 4.57 Å². The summed E-state index contributed by atoms with van der Waals surface area (Å²) in [6.07, 6.45) is 4.41. The molecule has 0 bridgehead atoms. The number of aryl methyl sites for hydroxylation is 1. The van der Waals surface area contributed by atoms with Crippen LogP contribution in [0.1, 0.15) is 40.7 Å². The molecule has 2 heterocycles. The number of benzene rings is 2. The average Bonchev–Trinajstić information content (AvgIpc) is 3.22. The third-order valence-corrected chi connectivity index (χ3v) is 6.04. The lowest BCUT2D eigenvalue weighted by molar-refractivity contribution is -0.142. The molecule has 0 atom stereocenters. The summed E-state index contributed by atoms with van der Waals surface area (Å²) in [5.74, 6) is 0.143. The van der Waals surface area contributed by atoms with Gasteiger partial charge in [0.1, 0.15) is 5.82 Å². The summed E-state index contributed by atoms with van der Waals surface area (Å²) < 4.78 is 2.13. The van der Waals surface area contributed by atoms with Crippen LogP contribution in [-0.2, 0) is 17.8 Å². The number of ketones is 1. The average molecular weight is 417 g/mol. The van der Waals surface area contributed by atoms with E-state index in [-0.39, 0.29) is 11.7 Å². The van der Waals surface area contributed by atoms with Crippen LogP contribution in [0.3, 0.4) is 0 Å². The van der Waals surface area contributed by atoms with E-state index < -0.39 is 5.97 Å². The molecule has 1 aromatic heterocycles. The van der Waals surface area contributed by atoms with Gasteiger partial charge in [0.15, 0.2) is 5.78 Å². The van der Waals surface area contributed by atoms with E-state index in [0.717, 1.165) is 23.4 Å². The van der Waals surface area contributed by atoms with Crippen LogP contribution in [0, 0.1) is 5.92 Å². The van der Waals surface area contributed by atoms with Crippen LogP contribution in [0.4, 0.5) is 5.82 Å². The van der Waals surface area contributed by atoms with Gasteiger partial charge in [0, 0.05) is 37.8 Å². The summed E-state index contributed by atoms with van der Waals surface area (Å²) in [5.41, 5.74) is 3.06. The summed E-state index contributed by atoms with van der Waals surface area (Å²) in [7, 11) is 0. The molecular weight excluding hydrogens is 388 g/mol. The van der Waals surface area contributed by atoms with Crippen LogP contribution in [0.25, 0.3) is 0 Å². The molecule has 5 nitrogen and oxygen atoms in total. The Morgan fingerprint density at radius 1 is 0.903 bits per heavy atom. The lowest BCUT2D eigenvalue weighted by Crippen LogP contribution is -2.37. The molecule has 1 saturated heterocycles. The molecule has 0 spiro atoms. The second kappa shape index (κ2) is 9.65. The predicted molar refractivity (Wildman–Crippen MR) is 122 cm³/mol. The highest BCUT2D eigenvalue weighted by atomic mass is 16.4. The predicted octanol–water partition coefficient (Wildman–Crippen LogP) is 4.65. The minimum absolute atomic E-state index is 0.136. The van der Waals surface area contributed by atoms with E-state index in [0.29, 0.717) is 38.9 Å². The molecule has 4 rings (SSSR count). The fraction of sp³-hybridized carbons (Fsp3) is 0.308. The standard InChI is InChI=1S/C26H28N2O3/c29-24(12-11-20-7-3-1-4-8-20)23-17-25(27-15-13-22(14-16-27)26(30)31)28(19-23)18-21-9-5-2-6-10-21/h1-10,17,19,22H,11-16,18H2,(H,30,31). The summed E-state index contributed by atoms with van der Waals surface area (Å²) >= 11 is 0. The lowest BCUT2D eigenvalue weighted by Gasteiger charge is -2.32. The van der Waals surface area contributed by atoms with Gasteiger partial charge in [-0.1, -0.05) is 60.7 Å². The van der Waals surface area contributed by atoms with Gasteiger partial charge in [0.05, 0.1) is 5.92 Å². The topological polar surface area (TPSA) is 62.5 Å². The van der Waals surface area contributed by atoms with Crippen LogP contribution in [-0.4, -0.2) is 34.5 Å². The van der Waals surface area contributed by atoms with Crippen LogP contribution < -0.4 is 4.90 Å². The van der Waals surface area contributed by atoms with Crippen molar-refractivity contribution in [3.05, 3.63) is 89.6 Å². The highest BCUT2D eigenvalue weighted by Crippen LogP contribution is 2.27. The number of carbonyl (C=O) groups excluding carboxylic acids is 1. The summed E-state index contributed by atoms with van der Waals surface area (Å²) in [4.78, 5) is 26.5. The third kappa shape index (κ3) is 5.23. The van der Waals surface area contributed by atoms with Crippen molar-refractivity contribution in [3.63, 3.8) is 0 Å². The van der Waals surface area contributed by atoms with Crippen LogP contribution in [0.15, 0.2) is 72.9 Å². The zero-order valence-electron chi connectivity index (χ0n) is 17.6. The normalized spacial score (nSPS) is 14.5. The van der Waals surface area contributed by atoms with Crippen molar-refractivity contribution in [2.24, 2.45) is 5.92 Å². The molecule has 3 aromatic rings. The monoisotopic (exact) mass is 416 g/mol. The molecule has 1 N–H and O–H groups in total. The Morgan fingerprint density at radius 3 is 2.13 bits per heavy atom. The molecule has 2 aromatic carbocycles. The number of hydrogen-bond acceptors (Lipinski definition) is 3. The molecule has 1 aliphatic heterocycles. The maximum Gasteiger partial charge on any atom is 0.306 e. The molecule has 0 radical (unpaired) electrons. The zero-order chi connectivity index (χ0) is 21.6. The second-order valence-corrected chi connectivity index (χ2v) is 8.21. The van der Waals surface area contributed by atoms with Gasteiger partial charge in [-0.05, 0) is 36.5 Å². The van der Waals surface area contributed by atoms with E-state index in [2.05, 4.69) is 21.6 Å². The maximum atomic E-state index is 13.0. The van der Waals surface area contributed by atoms with Crippen LogP contribution >= 0.6 is 0 Å². The van der Waals surface area contributed by atoms with Crippen molar-refractivity contribution in [1.29, 1.82) is 0 Å². The SMILES string of the molecule is O=C(CCc1ccccc1)c1cc(N2CCC(C(=O)O)CC2)n(Cc2ccccc2)c1. The Morgan fingerprint density at radius 2 is 1.52 bits per heavy atom. The third-order valence-electron chi connectivity index (χ3n) is 6.04. The van der Waals surface area contributed by atoms with Gasteiger partial charge in [-0.15, -0.1) is 0 Å². The van der Waals surface area contributed by atoms with Crippen molar-refractivity contribution in [3.8, 4) is 0 Å². The van der Waals surface area contributed by atoms with E-state index in [1.54, 1.807) is 0 Å². The highest BCUT2D eigenvalue weighted by molar-refractivity contribution is 5.97. The number of Topliss-reactive ketones (excluding diaryl/α,β-unsaturated/α-hetero) is 1. The van der Waals surface area contributed by atoms with Gasteiger partial charge in [0.2, 0.25) is 0 Å². The number of anilines is 1. The number of hydrogen-bond donors (Lipinski definition) is 1. The van der Waals surface area contributed by atoms with Crippen LogP contribution in [0.5, 0.6) is 0 Å². The first kappa shape index (κ1) is 20.9. The minimum atomic E-state index is -0.712. The Balaban J connectivity index is 1.53. The second-order valence-electron chi connectivity index (χ2n) is 8.21. The van der Waals surface area contributed by atoms with Gasteiger partial charge in [0.25, 0.3) is 0 Å². The van der Waals surface area contributed by atoms with Crippen molar-refractivity contribution in [2.45, 2.75) is 32.2 Å². The highest BCUT2D eigenvalue weighted by Gasteiger charge is 2.26. The molecule has 1 aliphatic rings. The number of carboxylic acids is 1. The molecule has 1 fully saturated rings. The summed E-state index contributed by atoms with van der Waals surface area (Å²) in [6, 6.07) is 22.2. The first-order chi connectivity index (χ1) is 15.1. The van der Waals surface area contributed by atoms with E-state index in [1.165, 1.54) is 5.56 Å². The first-order valence-electron chi connectivity index (χ1n) is 10.9. The smallest absolute Gasteiger partial charge is 0.306 e. The van der Waals surface area contributed by atoms with E-state index in [9.17, 15) is 14.7 Å². The molecule has 160 valence electrons. The summed E-state index contributed by atoms with van der Waals surface area (Å²) in [5, 5.41) is 9.31. The molecule has 0 amide bonds. The van der Waals surface area contributed by atoms with Gasteiger partial charge in [-0.2, -0.15) is 0 Å². The number of carboxylic acid groups (broad SMARTS) is 1. The van der Waals surface area contributed by atoms with Gasteiger partial charge in [-0.3, -0.25) is 9.59 Å². The zero-order valence-corrected chi connectivity index (χ0v) is 17.6. The number of nitrogens with zero attached hydrogens (tertiary/aromatic N) is 2. The Bertz CT molecular complexity index is 1020. The molecule has 0 saturated carbocycles. The molecule has 5 heteroatoms. The quantitative estimate of drug-likeness (QED) is 0.543. The fourth-order valence-electron chi connectivity index (χ4n) is 4.23. The van der Waals surface area contributed by atoms with E-state index >= 15 is 0 Å². The number of rotatable bonds is 8.